The number of hydrogen-bond acceptors (Lipinski definition) is 12. The number of unbranched alkanes of at least 4 members (excludes halogenated alkanes) is 1. The highest BCUT2D eigenvalue weighted by Crippen LogP contribution is 2.14. The number of carbonyl (C=O) groups excluding carboxylic acids is 1. The average molecular weight is 625 g/mol. The summed E-state index contributed by atoms with van der Waals surface area (Å²) in [6, 6.07) is 0. The summed E-state index contributed by atoms with van der Waals surface area (Å²) in [6.07, 6.45) is 7.03. The summed E-state index contributed by atoms with van der Waals surface area (Å²) in [6.45, 7) is 13.7. The maximum Gasteiger partial charge on any atom is 0.308 e. The first-order valence-corrected chi connectivity index (χ1v) is 16.3. The molecule has 0 aromatic rings. The Morgan fingerprint density at radius 2 is 1.02 bits per heavy atom. The molecule has 0 bridgehead atoms. The molecule has 0 aromatic carbocycles. The first-order valence-electron chi connectivity index (χ1n) is 16.3. The third-order valence-electron chi connectivity index (χ3n) is 6.48. The molecule has 43 heavy (non-hydrogen) atoms. The van der Waals surface area contributed by atoms with Crippen LogP contribution in [0.25, 0.3) is 0 Å². The summed E-state index contributed by atoms with van der Waals surface area (Å²) in [5.41, 5.74) is 0. The molecule has 0 aromatic heterocycles. The Kier molecular flexibility index (Phi) is 30.3. The van der Waals surface area contributed by atoms with Gasteiger partial charge in [0.15, 0.2) is 6.29 Å². The van der Waals surface area contributed by atoms with Crippen LogP contribution in [0.3, 0.4) is 0 Å². The van der Waals surface area contributed by atoms with E-state index in [1.807, 2.05) is 6.92 Å². The molecule has 2 atom stereocenters. The van der Waals surface area contributed by atoms with Crippen LogP contribution in [0.5, 0.6) is 0 Å². The van der Waals surface area contributed by atoms with Crippen molar-refractivity contribution in [1.29, 1.82) is 0 Å². The first-order chi connectivity index (χ1) is 21.3. The minimum atomic E-state index is -0.117. The van der Waals surface area contributed by atoms with Gasteiger partial charge in [0, 0.05) is 6.61 Å². The molecule has 256 valence electrons. The van der Waals surface area contributed by atoms with E-state index in [1.54, 1.807) is 0 Å². The molecule has 12 heteroatoms. The van der Waals surface area contributed by atoms with Crippen molar-refractivity contribution in [3.63, 3.8) is 0 Å². The van der Waals surface area contributed by atoms with Crippen molar-refractivity contribution >= 4 is 5.97 Å². The lowest BCUT2D eigenvalue weighted by molar-refractivity contribution is -0.169. The van der Waals surface area contributed by atoms with Gasteiger partial charge in [-0.2, -0.15) is 0 Å². The topological polar surface area (TPSA) is 119 Å². The molecule has 0 saturated carbocycles. The van der Waals surface area contributed by atoms with E-state index in [1.165, 1.54) is 0 Å². The zero-order valence-electron chi connectivity index (χ0n) is 26.9. The van der Waals surface area contributed by atoms with Crippen LogP contribution in [0.2, 0.25) is 0 Å². The van der Waals surface area contributed by atoms with E-state index in [-0.39, 0.29) is 24.8 Å². The van der Waals surface area contributed by atoms with Crippen LogP contribution >= 0.6 is 0 Å². The van der Waals surface area contributed by atoms with E-state index in [9.17, 15) is 4.79 Å². The van der Waals surface area contributed by atoms with Crippen LogP contribution in [0, 0.1) is 5.92 Å². The van der Waals surface area contributed by atoms with Gasteiger partial charge in [-0.1, -0.05) is 26.7 Å². The second-order valence-corrected chi connectivity index (χ2v) is 9.98. The Hall–Kier alpha value is -0.930. The number of ether oxygens (including phenoxy) is 11. The van der Waals surface area contributed by atoms with Crippen LogP contribution in [0.4, 0.5) is 0 Å². The molecule has 0 radical (unpaired) electrons. The standard InChI is InChI=1S/C31H60O12/c1-3-5-8-29(4-2)31(32)43-28-26-40-24-22-38-20-18-36-16-14-34-12-11-33-13-15-35-17-19-37-21-23-39-25-27-42-30-9-6-7-10-41-30/h29-30H,3-28H2,1-2H3. The lowest BCUT2D eigenvalue weighted by Gasteiger charge is -2.22. The van der Waals surface area contributed by atoms with Crippen LogP contribution < -0.4 is 0 Å². The molecule has 0 amide bonds. The van der Waals surface area contributed by atoms with Crippen molar-refractivity contribution in [2.75, 3.05) is 126 Å². The number of carbonyl (C=O) groups is 1. The molecule has 0 aliphatic carbocycles. The fourth-order valence-corrected chi connectivity index (χ4v) is 3.98. The summed E-state index contributed by atoms with van der Waals surface area (Å²) in [4.78, 5) is 12.0. The van der Waals surface area contributed by atoms with Crippen LogP contribution in [-0.2, 0) is 56.9 Å². The molecule has 1 heterocycles. The highest BCUT2D eigenvalue weighted by Gasteiger charge is 2.17. The molecule has 1 aliphatic rings. The van der Waals surface area contributed by atoms with Crippen molar-refractivity contribution in [3.05, 3.63) is 0 Å². The van der Waals surface area contributed by atoms with E-state index >= 15 is 0 Å². The molecular weight excluding hydrogens is 564 g/mol. The number of rotatable bonds is 33. The lowest BCUT2D eigenvalue weighted by Crippen LogP contribution is -2.24. The molecule has 1 fully saturated rings. The Labute approximate surface area is 259 Å². The second kappa shape index (κ2) is 32.5. The zero-order valence-corrected chi connectivity index (χ0v) is 26.9. The van der Waals surface area contributed by atoms with E-state index in [0.717, 1.165) is 51.6 Å². The molecule has 0 N–H and O–H groups in total. The van der Waals surface area contributed by atoms with E-state index in [4.69, 9.17) is 52.1 Å². The quantitative estimate of drug-likeness (QED) is 0.0786. The molecule has 1 rings (SSSR count). The van der Waals surface area contributed by atoms with Crippen LogP contribution in [0.15, 0.2) is 0 Å². The Morgan fingerprint density at radius 1 is 0.605 bits per heavy atom. The Bertz CT molecular complexity index is 577. The Morgan fingerprint density at radius 3 is 1.40 bits per heavy atom. The normalized spacial score (nSPS) is 16.0. The monoisotopic (exact) mass is 624 g/mol. The number of hydrogen-bond donors (Lipinski definition) is 0. The van der Waals surface area contributed by atoms with Gasteiger partial charge < -0.3 is 52.1 Å². The average Bonchev–Trinajstić information content (AvgIpc) is 3.03. The fraction of sp³-hybridized carbons (Fsp3) is 0.968. The molecule has 12 nitrogen and oxygen atoms in total. The van der Waals surface area contributed by atoms with Gasteiger partial charge >= 0.3 is 5.97 Å². The van der Waals surface area contributed by atoms with Crippen LogP contribution in [0.1, 0.15) is 58.8 Å². The maximum absolute atomic E-state index is 12.0. The van der Waals surface area contributed by atoms with Gasteiger partial charge in [0.25, 0.3) is 0 Å². The molecule has 0 spiro atoms. The minimum absolute atomic E-state index is 0.000119. The van der Waals surface area contributed by atoms with Gasteiger partial charge in [-0.3, -0.25) is 4.79 Å². The van der Waals surface area contributed by atoms with E-state index in [0.29, 0.717) is 112 Å². The predicted molar refractivity (Wildman–Crippen MR) is 160 cm³/mol. The van der Waals surface area contributed by atoms with Crippen molar-refractivity contribution in [2.45, 2.75) is 65.1 Å². The fourth-order valence-electron chi connectivity index (χ4n) is 3.98. The highest BCUT2D eigenvalue weighted by molar-refractivity contribution is 5.72. The largest absolute Gasteiger partial charge is 0.463 e. The summed E-state index contributed by atoms with van der Waals surface area (Å²) < 4.78 is 60.2. The van der Waals surface area contributed by atoms with E-state index < -0.39 is 0 Å². The summed E-state index contributed by atoms with van der Waals surface area (Å²) in [5, 5.41) is 0. The zero-order chi connectivity index (χ0) is 30.9. The predicted octanol–water partition coefficient (Wildman–Crippen LogP) is 3.42. The maximum atomic E-state index is 12.0. The van der Waals surface area contributed by atoms with E-state index in [2.05, 4.69) is 6.92 Å². The number of esters is 1. The summed E-state index contributed by atoms with van der Waals surface area (Å²) >= 11 is 0. The van der Waals surface area contributed by atoms with Gasteiger partial charge in [0.1, 0.15) is 6.61 Å². The molecular formula is C31H60O12. The summed E-state index contributed by atoms with van der Waals surface area (Å²) in [5.74, 6) is -0.117. The minimum Gasteiger partial charge on any atom is -0.463 e. The van der Waals surface area contributed by atoms with Crippen molar-refractivity contribution in [2.24, 2.45) is 5.92 Å². The van der Waals surface area contributed by atoms with Crippen molar-refractivity contribution < 1.29 is 56.9 Å². The molecule has 1 aliphatic heterocycles. The smallest absolute Gasteiger partial charge is 0.308 e. The Balaban J connectivity index is 1.66. The third-order valence-corrected chi connectivity index (χ3v) is 6.48. The van der Waals surface area contributed by atoms with Gasteiger partial charge in [0.2, 0.25) is 0 Å². The van der Waals surface area contributed by atoms with Crippen molar-refractivity contribution in [3.8, 4) is 0 Å². The van der Waals surface area contributed by atoms with Crippen molar-refractivity contribution in [1.82, 2.24) is 0 Å². The van der Waals surface area contributed by atoms with Crippen LogP contribution in [-0.4, -0.2) is 138 Å². The van der Waals surface area contributed by atoms with Gasteiger partial charge in [-0.05, 0) is 32.1 Å². The molecule has 1 saturated heterocycles. The second-order valence-electron chi connectivity index (χ2n) is 9.98. The van der Waals surface area contributed by atoms with Gasteiger partial charge in [-0.15, -0.1) is 0 Å². The third kappa shape index (κ3) is 27.1. The lowest BCUT2D eigenvalue weighted by atomic mass is 10.00. The molecule has 2 unspecified atom stereocenters. The summed E-state index contributed by atoms with van der Waals surface area (Å²) in [7, 11) is 0. The van der Waals surface area contributed by atoms with Gasteiger partial charge in [0.05, 0.1) is 118 Å². The first kappa shape index (κ1) is 40.1. The van der Waals surface area contributed by atoms with Gasteiger partial charge in [-0.25, -0.2) is 0 Å². The SMILES string of the molecule is CCCCC(CC)C(=O)OCCOCCOCCOCCOCCOCCOCCOCCOCCOC1CCCCO1. The highest BCUT2D eigenvalue weighted by atomic mass is 16.7.